The standard InChI is InChI=1S/C14H11ClN2/c1-10-8-12(9-17-7-6-16-14(10)17)11-2-4-13(15)5-3-11/h2-9H,1H3. The van der Waals surface area contributed by atoms with E-state index in [9.17, 15) is 0 Å². The number of halogens is 1. The highest BCUT2D eigenvalue weighted by atomic mass is 35.5. The van der Waals surface area contributed by atoms with Crippen molar-refractivity contribution in [1.82, 2.24) is 9.38 Å². The van der Waals surface area contributed by atoms with Crippen molar-refractivity contribution in [3.8, 4) is 11.1 Å². The number of fused-ring (bicyclic) bond motifs is 1. The molecule has 0 unspecified atom stereocenters. The van der Waals surface area contributed by atoms with Crippen LogP contribution in [0.1, 0.15) is 5.56 Å². The number of hydrogen-bond donors (Lipinski definition) is 0. The number of nitrogens with zero attached hydrogens (tertiary/aromatic N) is 2. The minimum atomic E-state index is 0.759. The molecule has 2 nitrogen and oxygen atoms in total. The number of benzene rings is 1. The van der Waals surface area contributed by atoms with Gasteiger partial charge in [0.15, 0.2) is 0 Å². The molecular weight excluding hydrogens is 232 g/mol. The summed E-state index contributed by atoms with van der Waals surface area (Å²) in [6, 6.07) is 10.0. The first-order valence-corrected chi connectivity index (χ1v) is 5.81. The third-order valence-corrected chi connectivity index (χ3v) is 3.10. The van der Waals surface area contributed by atoms with Crippen LogP contribution in [0.25, 0.3) is 16.8 Å². The van der Waals surface area contributed by atoms with Gasteiger partial charge < -0.3 is 4.40 Å². The Morgan fingerprint density at radius 1 is 1.12 bits per heavy atom. The Hall–Kier alpha value is -1.80. The van der Waals surface area contributed by atoms with Crippen molar-refractivity contribution in [2.24, 2.45) is 0 Å². The Morgan fingerprint density at radius 3 is 2.65 bits per heavy atom. The first-order chi connectivity index (χ1) is 8.24. The topological polar surface area (TPSA) is 17.3 Å². The Labute approximate surface area is 104 Å². The SMILES string of the molecule is Cc1cc(-c2ccc(Cl)cc2)cn2ccnc12. The lowest BCUT2D eigenvalue weighted by Crippen LogP contribution is -1.89. The van der Waals surface area contributed by atoms with Crippen molar-refractivity contribution in [3.63, 3.8) is 0 Å². The van der Waals surface area contributed by atoms with Gasteiger partial charge in [0.05, 0.1) is 0 Å². The lowest BCUT2D eigenvalue weighted by Gasteiger charge is -2.05. The van der Waals surface area contributed by atoms with Crippen LogP contribution in [0, 0.1) is 6.92 Å². The van der Waals surface area contributed by atoms with Crippen molar-refractivity contribution in [1.29, 1.82) is 0 Å². The van der Waals surface area contributed by atoms with Gasteiger partial charge in [-0.05, 0) is 41.8 Å². The summed E-state index contributed by atoms with van der Waals surface area (Å²) in [7, 11) is 0. The summed E-state index contributed by atoms with van der Waals surface area (Å²) in [5.74, 6) is 0. The molecule has 17 heavy (non-hydrogen) atoms. The molecule has 3 heteroatoms. The second-order valence-corrected chi connectivity index (χ2v) is 4.51. The largest absolute Gasteiger partial charge is 0.306 e. The van der Waals surface area contributed by atoms with Crippen molar-refractivity contribution < 1.29 is 0 Å². The summed E-state index contributed by atoms with van der Waals surface area (Å²) in [5.41, 5.74) is 4.50. The number of rotatable bonds is 1. The summed E-state index contributed by atoms with van der Waals surface area (Å²) >= 11 is 5.89. The summed E-state index contributed by atoms with van der Waals surface area (Å²) in [6.45, 7) is 2.07. The molecule has 3 aromatic rings. The predicted octanol–water partition coefficient (Wildman–Crippen LogP) is 3.96. The Kier molecular flexibility index (Phi) is 2.37. The molecule has 0 atom stereocenters. The summed E-state index contributed by atoms with van der Waals surface area (Å²) in [6.07, 6.45) is 5.86. The number of aromatic nitrogens is 2. The molecule has 0 aliphatic carbocycles. The van der Waals surface area contributed by atoms with Crippen LogP contribution >= 0.6 is 11.6 Å². The van der Waals surface area contributed by atoms with E-state index in [1.54, 1.807) is 0 Å². The molecular formula is C14H11ClN2. The second kappa shape index (κ2) is 3.90. The maximum Gasteiger partial charge on any atom is 0.139 e. The highest BCUT2D eigenvalue weighted by molar-refractivity contribution is 6.30. The van der Waals surface area contributed by atoms with E-state index in [0.29, 0.717) is 0 Å². The Morgan fingerprint density at radius 2 is 1.88 bits per heavy atom. The third kappa shape index (κ3) is 1.81. The normalized spacial score (nSPS) is 10.9. The van der Waals surface area contributed by atoms with Gasteiger partial charge in [0.25, 0.3) is 0 Å². The van der Waals surface area contributed by atoms with E-state index >= 15 is 0 Å². The van der Waals surface area contributed by atoms with Crippen LogP contribution in [0.5, 0.6) is 0 Å². The van der Waals surface area contributed by atoms with Gasteiger partial charge in [-0.1, -0.05) is 23.7 Å². The number of imidazole rings is 1. The zero-order chi connectivity index (χ0) is 11.8. The Bertz CT molecular complexity index is 668. The monoisotopic (exact) mass is 242 g/mol. The lowest BCUT2D eigenvalue weighted by atomic mass is 10.1. The second-order valence-electron chi connectivity index (χ2n) is 4.08. The molecule has 0 saturated heterocycles. The first kappa shape index (κ1) is 10.4. The molecule has 0 amide bonds. The maximum atomic E-state index is 5.89. The average Bonchev–Trinajstić information content (AvgIpc) is 2.78. The lowest BCUT2D eigenvalue weighted by molar-refractivity contribution is 1.17. The van der Waals surface area contributed by atoms with Gasteiger partial charge in [0.2, 0.25) is 0 Å². The van der Waals surface area contributed by atoms with Crippen LogP contribution in [-0.2, 0) is 0 Å². The van der Waals surface area contributed by atoms with E-state index in [1.807, 2.05) is 41.1 Å². The first-order valence-electron chi connectivity index (χ1n) is 5.43. The van der Waals surface area contributed by atoms with Crippen molar-refractivity contribution in [2.45, 2.75) is 6.92 Å². The molecule has 0 N–H and O–H groups in total. The van der Waals surface area contributed by atoms with Gasteiger partial charge in [-0.15, -0.1) is 0 Å². The molecule has 1 aromatic carbocycles. The van der Waals surface area contributed by atoms with Gasteiger partial charge in [-0.2, -0.15) is 0 Å². The molecule has 2 aromatic heterocycles. The van der Waals surface area contributed by atoms with E-state index in [2.05, 4.69) is 24.2 Å². The van der Waals surface area contributed by atoms with Crippen LogP contribution in [-0.4, -0.2) is 9.38 Å². The average molecular weight is 243 g/mol. The Balaban J connectivity index is 2.20. The van der Waals surface area contributed by atoms with Crippen LogP contribution in [0.15, 0.2) is 48.9 Å². The van der Waals surface area contributed by atoms with Gasteiger partial charge in [-0.3, -0.25) is 0 Å². The van der Waals surface area contributed by atoms with Gasteiger partial charge in [0, 0.05) is 23.6 Å². The predicted molar refractivity (Wildman–Crippen MR) is 70.4 cm³/mol. The smallest absolute Gasteiger partial charge is 0.139 e. The van der Waals surface area contributed by atoms with E-state index in [1.165, 1.54) is 11.1 Å². The molecule has 0 fully saturated rings. The molecule has 2 heterocycles. The molecule has 0 radical (unpaired) electrons. The summed E-state index contributed by atoms with van der Waals surface area (Å²) < 4.78 is 2.04. The third-order valence-electron chi connectivity index (χ3n) is 2.85. The quantitative estimate of drug-likeness (QED) is 0.631. The minimum Gasteiger partial charge on any atom is -0.306 e. The van der Waals surface area contributed by atoms with Crippen molar-refractivity contribution in [2.75, 3.05) is 0 Å². The summed E-state index contributed by atoms with van der Waals surface area (Å²) in [5, 5.41) is 0.759. The molecule has 3 rings (SSSR count). The van der Waals surface area contributed by atoms with Gasteiger partial charge >= 0.3 is 0 Å². The fraction of sp³-hybridized carbons (Fsp3) is 0.0714. The van der Waals surface area contributed by atoms with E-state index < -0.39 is 0 Å². The number of pyridine rings is 1. The van der Waals surface area contributed by atoms with E-state index in [4.69, 9.17) is 11.6 Å². The molecule has 0 spiro atoms. The highest BCUT2D eigenvalue weighted by Gasteiger charge is 2.03. The molecule has 0 aliphatic heterocycles. The molecule has 84 valence electrons. The van der Waals surface area contributed by atoms with Crippen LogP contribution in [0.3, 0.4) is 0 Å². The molecule has 0 bridgehead atoms. The van der Waals surface area contributed by atoms with E-state index in [-0.39, 0.29) is 0 Å². The van der Waals surface area contributed by atoms with Crippen LogP contribution < -0.4 is 0 Å². The fourth-order valence-electron chi connectivity index (χ4n) is 2.01. The van der Waals surface area contributed by atoms with Gasteiger partial charge in [0.1, 0.15) is 5.65 Å². The van der Waals surface area contributed by atoms with Crippen molar-refractivity contribution in [3.05, 3.63) is 59.5 Å². The summed E-state index contributed by atoms with van der Waals surface area (Å²) in [4.78, 5) is 4.31. The zero-order valence-corrected chi connectivity index (χ0v) is 10.1. The van der Waals surface area contributed by atoms with Crippen LogP contribution in [0.2, 0.25) is 5.02 Å². The highest BCUT2D eigenvalue weighted by Crippen LogP contribution is 2.23. The van der Waals surface area contributed by atoms with Crippen LogP contribution in [0.4, 0.5) is 0 Å². The zero-order valence-electron chi connectivity index (χ0n) is 9.39. The molecule has 0 aliphatic rings. The number of aryl methyl sites for hydroxylation is 1. The maximum absolute atomic E-state index is 5.89. The van der Waals surface area contributed by atoms with Gasteiger partial charge in [-0.25, -0.2) is 4.98 Å². The van der Waals surface area contributed by atoms with E-state index in [0.717, 1.165) is 16.2 Å². The number of hydrogen-bond acceptors (Lipinski definition) is 1. The fourth-order valence-corrected chi connectivity index (χ4v) is 2.13. The minimum absolute atomic E-state index is 0.759. The van der Waals surface area contributed by atoms with Crippen molar-refractivity contribution >= 4 is 17.2 Å². The molecule has 0 saturated carbocycles.